The molecule has 0 fully saturated rings. The number of nitrogens with zero attached hydrogens (tertiary/aromatic N) is 2. The lowest BCUT2D eigenvalue weighted by atomic mass is 10.2. The van der Waals surface area contributed by atoms with Gasteiger partial charge in [-0.25, -0.2) is 9.97 Å². The first-order valence-corrected chi connectivity index (χ1v) is 11.3. The highest BCUT2D eigenvalue weighted by Crippen LogP contribution is 2.37. The minimum Gasteiger partial charge on any atom is -0.492 e. The van der Waals surface area contributed by atoms with Gasteiger partial charge in [0.2, 0.25) is 5.91 Å². The van der Waals surface area contributed by atoms with Crippen LogP contribution in [0.4, 0.5) is 5.69 Å². The molecule has 0 saturated heterocycles. The van der Waals surface area contributed by atoms with Gasteiger partial charge in [0.1, 0.15) is 21.9 Å². The van der Waals surface area contributed by atoms with E-state index in [0.29, 0.717) is 18.0 Å². The lowest BCUT2D eigenvalue weighted by molar-refractivity contribution is -0.115. The van der Waals surface area contributed by atoms with Crippen molar-refractivity contribution >= 4 is 44.9 Å². The van der Waals surface area contributed by atoms with Crippen molar-refractivity contribution in [1.29, 1.82) is 0 Å². The molecule has 0 spiro atoms. The molecule has 7 heteroatoms. The van der Waals surface area contributed by atoms with Crippen molar-refractivity contribution in [1.82, 2.24) is 9.97 Å². The largest absolute Gasteiger partial charge is 0.492 e. The number of aromatic nitrogens is 2. The van der Waals surface area contributed by atoms with Crippen LogP contribution in [0.25, 0.3) is 20.7 Å². The lowest BCUT2D eigenvalue weighted by Crippen LogP contribution is -2.22. The van der Waals surface area contributed by atoms with Gasteiger partial charge in [0.15, 0.2) is 0 Å². The Morgan fingerprint density at radius 1 is 1.13 bits per heavy atom. The van der Waals surface area contributed by atoms with Crippen LogP contribution in [0, 0.1) is 0 Å². The van der Waals surface area contributed by atoms with E-state index in [2.05, 4.69) is 33.5 Å². The van der Waals surface area contributed by atoms with Crippen LogP contribution in [0.1, 0.15) is 13.8 Å². The summed E-state index contributed by atoms with van der Waals surface area (Å²) < 4.78 is 5.60. The number of carbonyl (C=O) groups excluding carboxylic acids is 1. The Kier molecular flexibility index (Phi) is 6.30. The third-order valence-corrected chi connectivity index (χ3v) is 6.66. The van der Waals surface area contributed by atoms with E-state index in [0.717, 1.165) is 25.7 Å². The first-order valence-electron chi connectivity index (χ1n) is 9.65. The average molecular weight is 436 g/mol. The summed E-state index contributed by atoms with van der Waals surface area (Å²) in [5.41, 5.74) is 1.82. The molecule has 2 aromatic carbocycles. The summed E-state index contributed by atoms with van der Waals surface area (Å²) in [6, 6.07) is 19.8. The summed E-state index contributed by atoms with van der Waals surface area (Å²) in [5, 5.41) is 4.41. The Labute approximate surface area is 183 Å². The molecule has 0 bridgehead atoms. The molecular weight excluding hydrogens is 414 g/mol. The number of para-hydroxylation sites is 2. The minimum atomic E-state index is -0.335. The fourth-order valence-corrected chi connectivity index (χ4v) is 4.94. The van der Waals surface area contributed by atoms with Crippen molar-refractivity contribution < 1.29 is 9.53 Å². The number of amides is 1. The Balaban J connectivity index is 1.54. The fraction of sp³-hybridized carbons (Fsp3) is 0.174. The number of fused-ring (bicyclic) bond motifs is 1. The van der Waals surface area contributed by atoms with Gasteiger partial charge in [-0.1, -0.05) is 54.2 Å². The van der Waals surface area contributed by atoms with Gasteiger partial charge in [0.25, 0.3) is 0 Å². The van der Waals surface area contributed by atoms with Gasteiger partial charge in [0.05, 0.1) is 17.5 Å². The van der Waals surface area contributed by atoms with Crippen LogP contribution in [0.15, 0.2) is 72.0 Å². The average Bonchev–Trinajstić information content (AvgIpc) is 3.21. The number of thiophene rings is 1. The first-order chi connectivity index (χ1) is 14.7. The van der Waals surface area contributed by atoms with Crippen molar-refractivity contribution in [3.8, 4) is 16.2 Å². The van der Waals surface area contributed by atoms with E-state index in [1.54, 1.807) is 17.7 Å². The lowest BCUT2D eigenvalue weighted by Gasteiger charge is -2.14. The number of hydrogen-bond donors (Lipinski definition) is 1. The van der Waals surface area contributed by atoms with Gasteiger partial charge in [-0.05, 0) is 37.6 Å². The van der Waals surface area contributed by atoms with E-state index in [1.165, 1.54) is 11.8 Å². The van der Waals surface area contributed by atoms with E-state index in [-0.39, 0.29) is 11.2 Å². The van der Waals surface area contributed by atoms with Gasteiger partial charge in [-0.2, -0.15) is 0 Å². The van der Waals surface area contributed by atoms with E-state index in [4.69, 9.17) is 4.74 Å². The van der Waals surface area contributed by atoms with E-state index < -0.39 is 0 Å². The number of thioether (sulfide) groups is 1. The topological polar surface area (TPSA) is 64.1 Å². The number of benzene rings is 2. The maximum Gasteiger partial charge on any atom is 0.237 e. The molecule has 5 nitrogen and oxygen atoms in total. The standard InChI is InChI=1S/C23H21N3O2S2/c1-3-28-19-12-8-7-11-18(19)26-21(27)15(2)29-22-17-13-20(16-9-5-4-6-10-16)30-23(17)25-14-24-22/h4-15H,3H2,1-2H3,(H,26,27). The maximum atomic E-state index is 12.8. The predicted octanol–water partition coefficient (Wildman–Crippen LogP) is 5.88. The molecule has 0 aliphatic carbocycles. The highest BCUT2D eigenvalue weighted by Gasteiger charge is 2.19. The number of rotatable bonds is 7. The molecule has 152 valence electrons. The summed E-state index contributed by atoms with van der Waals surface area (Å²) >= 11 is 3.06. The zero-order chi connectivity index (χ0) is 20.9. The van der Waals surface area contributed by atoms with Gasteiger partial charge in [-0.3, -0.25) is 4.79 Å². The molecule has 1 unspecified atom stereocenters. The van der Waals surface area contributed by atoms with Gasteiger partial charge < -0.3 is 10.1 Å². The number of carbonyl (C=O) groups is 1. The third kappa shape index (κ3) is 4.47. The highest BCUT2D eigenvalue weighted by molar-refractivity contribution is 8.00. The Hall–Kier alpha value is -2.90. The Morgan fingerprint density at radius 2 is 1.90 bits per heavy atom. The second kappa shape index (κ2) is 9.28. The van der Waals surface area contributed by atoms with Crippen LogP contribution in [-0.4, -0.2) is 27.7 Å². The van der Waals surface area contributed by atoms with E-state index in [9.17, 15) is 4.79 Å². The van der Waals surface area contributed by atoms with Gasteiger partial charge >= 0.3 is 0 Å². The molecule has 2 aromatic heterocycles. The molecule has 2 heterocycles. The number of hydrogen-bond acceptors (Lipinski definition) is 6. The van der Waals surface area contributed by atoms with Crippen molar-refractivity contribution in [3.05, 3.63) is 67.0 Å². The van der Waals surface area contributed by atoms with Gasteiger partial charge in [0, 0.05) is 10.3 Å². The minimum absolute atomic E-state index is 0.0996. The molecule has 1 amide bonds. The number of nitrogens with one attached hydrogen (secondary N) is 1. The molecule has 1 atom stereocenters. The van der Waals surface area contributed by atoms with Crippen LogP contribution in [0.3, 0.4) is 0 Å². The highest BCUT2D eigenvalue weighted by atomic mass is 32.2. The molecule has 30 heavy (non-hydrogen) atoms. The van der Waals surface area contributed by atoms with E-state index in [1.807, 2.05) is 56.3 Å². The summed E-state index contributed by atoms with van der Waals surface area (Å²) in [6.45, 7) is 4.34. The third-order valence-electron chi connectivity index (χ3n) is 4.45. The van der Waals surface area contributed by atoms with Gasteiger partial charge in [-0.15, -0.1) is 11.3 Å². The summed E-state index contributed by atoms with van der Waals surface area (Å²) in [5.74, 6) is 0.567. The van der Waals surface area contributed by atoms with E-state index >= 15 is 0 Å². The van der Waals surface area contributed by atoms with Crippen molar-refractivity contribution in [2.45, 2.75) is 24.1 Å². The number of anilines is 1. The summed E-state index contributed by atoms with van der Waals surface area (Å²) in [4.78, 5) is 23.7. The van der Waals surface area contributed by atoms with Crippen LogP contribution < -0.4 is 10.1 Å². The molecular formula is C23H21N3O2S2. The molecule has 0 radical (unpaired) electrons. The van der Waals surface area contributed by atoms with Crippen LogP contribution in [0.2, 0.25) is 0 Å². The van der Waals surface area contributed by atoms with Crippen LogP contribution >= 0.6 is 23.1 Å². The van der Waals surface area contributed by atoms with Crippen LogP contribution in [-0.2, 0) is 4.79 Å². The molecule has 1 N–H and O–H groups in total. The Morgan fingerprint density at radius 3 is 2.70 bits per heavy atom. The SMILES string of the molecule is CCOc1ccccc1NC(=O)C(C)Sc1ncnc2sc(-c3ccccc3)cc12. The Bertz CT molecular complexity index is 1160. The fourth-order valence-electron chi connectivity index (χ4n) is 2.98. The maximum absolute atomic E-state index is 12.8. The molecule has 4 aromatic rings. The molecule has 0 saturated carbocycles. The first kappa shape index (κ1) is 20.4. The molecule has 0 aliphatic heterocycles. The smallest absolute Gasteiger partial charge is 0.237 e. The molecule has 4 rings (SSSR count). The second-order valence-corrected chi connectivity index (χ2v) is 8.91. The normalized spacial score (nSPS) is 11.9. The second-order valence-electron chi connectivity index (χ2n) is 6.55. The molecule has 0 aliphatic rings. The van der Waals surface area contributed by atoms with Crippen LogP contribution in [0.5, 0.6) is 5.75 Å². The quantitative estimate of drug-likeness (QED) is 0.290. The van der Waals surface area contributed by atoms with Crippen molar-refractivity contribution in [2.75, 3.05) is 11.9 Å². The predicted molar refractivity (Wildman–Crippen MR) is 124 cm³/mol. The van der Waals surface area contributed by atoms with Crippen molar-refractivity contribution in [2.24, 2.45) is 0 Å². The number of ether oxygens (including phenoxy) is 1. The summed E-state index contributed by atoms with van der Waals surface area (Å²) in [7, 11) is 0. The van der Waals surface area contributed by atoms with Crippen molar-refractivity contribution in [3.63, 3.8) is 0 Å². The zero-order valence-corrected chi connectivity index (χ0v) is 18.3. The monoisotopic (exact) mass is 435 g/mol. The zero-order valence-electron chi connectivity index (χ0n) is 16.7. The summed E-state index contributed by atoms with van der Waals surface area (Å²) in [6.07, 6.45) is 1.56.